The highest BCUT2D eigenvalue weighted by Crippen LogP contribution is 2.47. The normalized spacial score (nSPS) is 23.4. The third-order valence-corrected chi connectivity index (χ3v) is 12.8. The van der Waals surface area contributed by atoms with E-state index >= 15 is 0 Å². The first kappa shape index (κ1) is 57.8. The Hall–Kier alpha value is -1.22. The van der Waals surface area contributed by atoms with Crippen LogP contribution >= 0.6 is 7.82 Å². The first-order chi connectivity index (χ1) is 29.3. The predicted octanol–water partition coefficient (Wildman–Crippen LogP) is 8.37. The number of allylic oxidation sites excluding steroid dienone is 3. The number of phosphoric acid groups is 1. The Labute approximate surface area is 369 Å². The Morgan fingerprint density at radius 1 is 0.574 bits per heavy atom. The molecule has 1 aliphatic carbocycles. The van der Waals surface area contributed by atoms with Crippen LogP contribution in [-0.4, -0.2) is 108 Å². The standard InChI is InChI=1S/C47H90NO12P/c1-3-5-7-9-11-13-15-17-19-21-22-24-26-28-30-32-34-38(49)36-41(51)48-39(37-59-61(57,58)60-47-45(55)43(53)42(52)44(54)46(47)56)40(50)35-33-31-29-27-25-23-20-18-16-14-12-10-8-6-4-2/h22,24,33,35,38-40,42-47,49-50,52-56H,3-21,23,25-32,34,36-37H2,1-2H3,(H,48,51)(H,57,58)/b24-22-,35-33+. The third kappa shape index (κ3) is 29.0. The van der Waals surface area contributed by atoms with Crippen LogP contribution in [0.2, 0.25) is 0 Å². The van der Waals surface area contributed by atoms with Gasteiger partial charge in [0.2, 0.25) is 5.91 Å². The van der Waals surface area contributed by atoms with Gasteiger partial charge in [0.05, 0.1) is 31.3 Å². The minimum Gasteiger partial charge on any atom is -0.393 e. The maximum absolute atomic E-state index is 13.0. The number of hydrogen-bond donors (Lipinski definition) is 9. The molecule has 1 rings (SSSR count). The zero-order valence-corrected chi connectivity index (χ0v) is 39.0. The quantitative estimate of drug-likeness (QED) is 0.0161. The van der Waals surface area contributed by atoms with E-state index in [0.717, 1.165) is 51.4 Å². The minimum atomic E-state index is -5.14. The monoisotopic (exact) mass is 892 g/mol. The lowest BCUT2D eigenvalue weighted by Gasteiger charge is -2.41. The van der Waals surface area contributed by atoms with Gasteiger partial charge in [-0.1, -0.05) is 179 Å². The fraction of sp³-hybridized carbons (Fsp3) is 0.894. The van der Waals surface area contributed by atoms with E-state index in [1.165, 1.54) is 128 Å². The Morgan fingerprint density at radius 2 is 0.951 bits per heavy atom. The number of hydrogen-bond acceptors (Lipinski definition) is 11. The average Bonchev–Trinajstić information content (AvgIpc) is 3.23. The molecule has 1 aliphatic rings. The van der Waals surface area contributed by atoms with E-state index in [0.29, 0.717) is 12.8 Å². The molecule has 0 radical (unpaired) electrons. The van der Waals surface area contributed by atoms with Crippen molar-refractivity contribution in [1.82, 2.24) is 5.32 Å². The largest absolute Gasteiger partial charge is 0.472 e. The number of rotatable bonds is 40. The van der Waals surface area contributed by atoms with Gasteiger partial charge in [-0.25, -0.2) is 4.57 Å². The molecule has 360 valence electrons. The van der Waals surface area contributed by atoms with E-state index in [1.807, 2.05) is 0 Å². The second-order valence-electron chi connectivity index (χ2n) is 17.5. The average molecular weight is 892 g/mol. The van der Waals surface area contributed by atoms with Crippen molar-refractivity contribution in [2.24, 2.45) is 0 Å². The Balaban J connectivity index is 2.54. The van der Waals surface area contributed by atoms with Crippen molar-refractivity contribution in [3.05, 3.63) is 24.3 Å². The molecule has 0 aromatic rings. The van der Waals surface area contributed by atoms with Crippen molar-refractivity contribution in [2.75, 3.05) is 6.61 Å². The molecule has 8 unspecified atom stereocenters. The summed E-state index contributed by atoms with van der Waals surface area (Å²) in [4.78, 5) is 23.4. The summed E-state index contributed by atoms with van der Waals surface area (Å²) in [6, 6.07) is -1.24. The molecular weight excluding hydrogens is 801 g/mol. The molecule has 0 bridgehead atoms. The number of aliphatic hydroxyl groups excluding tert-OH is 7. The number of amides is 1. The fourth-order valence-electron chi connectivity index (χ4n) is 7.76. The van der Waals surface area contributed by atoms with Crippen molar-refractivity contribution in [2.45, 2.75) is 261 Å². The molecule has 0 saturated heterocycles. The molecule has 0 spiro atoms. The van der Waals surface area contributed by atoms with Crippen molar-refractivity contribution >= 4 is 13.7 Å². The molecule has 0 aromatic carbocycles. The summed E-state index contributed by atoms with van der Waals surface area (Å²) in [5.74, 6) is -0.600. The number of unbranched alkanes of at least 4 members (excludes halogenated alkanes) is 25. The van der Waals surface area contributed by atoms with Crippen LogP contribution in [0.25, 0.3) is 0 Å². The van der Waals surface area contributed by atoms with Crippen LogP contribution in [0.3, 0.4) is 0 Å². The highest BCUT2D eigenvalue weighted by Gasteiger charge is 2.51. The number of carbonyl (C=O) groups excluding carboxylic acids is 1. The summed E-state index contributed by atoms with van der Waals surface area (Å²) in [6.45, 7) is 3.74. The van der Waals surface area contributed by atoms with Gasteiger partial charge in [-0.15, -0.1) is 0 Å². The van der Waals surface area contributed by atoms with E-state index in [1.54, 1.807) is 6.08 Å². The van der Waals surface area contributed by atoms with Gasteiger partial charge in [0.1, 0.15) is 36.6 Å². The second-order valence-corrected chi connectivity index (χ2v) is 18.9. The van der Waals surface area contributed by atoms with Gasteiger partial charge in [-0.2, -0.15) is 0 Å². The van der Waals surface area contributed by atoms with Crippen LogP contribution in [0.15, 0.2) is 24.3 Å². The van der Waals surface area contributed by atoms with Crippen molar-refractivity contribution in [3.63, 3.8) is 0 Å². The molecule has 0 heterocycles. The highest BCUT2D eigenvalue weighted by atomic mass is 31.2. The Morgan fingerprint density at radius 3 is 1.39 bits per heavy atom. The van der Waals surface area contributed by atoms with Gasteiger partial charge in [-0.3, -0.25) is 13.8 Å². The smallest absolute Gasteiger partial charge is 0.393 e. The maximum atomic E-state index is 13.0. The maximum Gasteiger partial charge on any atom is 0.472 e. The van der Waals surface area contributed by atoms with Crippen LogP contribution in [0.1, 0.15) is 206 Å². The molecule has 1 saturated carbocycles. The van der Waals surface area contributed by atoms with Crippen molar-refractivity contribution in [1.29, 1.82) is 0 Å². The molecule has 1 fully saturated rings. The van der Waals surface area contributed by atoms with E-state index in [2.05, 4.69) is 31.3 Å². The lowest BCUT2D eigenvalue weighted by atomic mass is 9.85. The first-order valence-electron chi connectivity index (χ1n) is 24.4. The minimum absolute atomic E-state index is 0.254. The highest BCUT2D eigenvalue weighted by molar-refractivity contribution is 7.47. The fourth-order valence-corrected chi connectivity index (χ4v) is 8.73. The van der Waals surface area contributed by atoms with Gasteiger partial charge in [0.15, 0.2) is 0 Å². The molecule has 9 N–H and O–H groups in total. The summed E-state index contributed by atoms with van der Waals surface area (Å²) in [6.07, 6.45) is 26.9. The summed E-state index contributed by atoms with van der Waals surface area (Å²) >= 11 is 0. The first-order valence-corrected chi connectivity index (χ1v) is 25.9. The van der Waals surface area contributed by atoms with Crippen LogP contribution < -0.4 is 5.32 Å². The van der Waals surface area contributed by atoms with E-state index in [9.17, 15) is 50.0 Å². The van der Waals surface area contributed by atoms with Crippen LogP contribution in [0, 0.1) is 0 Å². The number of nitrogens with one attached hydrogen (secondary N) is 1. The molecule has 13 nitrogen and oxygen atoms in total. The molecule has 14 heteroatoms. The van der Waals surface area contributed by atoms with Crippen LogP contribution in [0.5, 0.6) is 0 Å². The molecule has 1 amide bonds. The molecule has 0 aliphatic heterocycles. The number of phosphoric ester groups is 1. The topological polar surface area (TPSA) is 226 Å². The summed E-state index contributed by atoms with van der Waals surface area (Å²) in [5, 5.41) is 74.5. The molecule has 0 aromatic heterocycles. The van der Waals surface area contributed by atoms with Gasteiger partial charge in [0.25, 0.3) is 0 Å². The third-order valence-electron chi connectivity index (χ3n) is 11.8. The number of carbonyl (C=O) groups is 1. The van der Waals surface area contributed by atoms with Gasteiger partial charge < -0.3 is 46.0 Å². The van der Waals surface area contributed by atoms with Gasteiger partial charge in [0, 0.05) is 0 Å². The molecule has 61 heavy (non-hydrogen) atoms. The summed E-state index contributed by atoms with van der Waals surface area (Å²) < 4.78 is 22.9. The number of aliphatic hydroxyl groups is 7. The summed E-state index contributed by atoms with van der Waals surface area (Å²) in [5.41, 5.74) is 0. The summed E-state index contributed by atoms with van der Waals surface area (Å²) in [7, 11) is -5.14. The predicted molar refractivity (Wildman–Crippen MR) is 243 cm³/mol. The zero-order valence-electron chi connectivity index (χ0n) is 38.1. The van der Waals surface area contributed by atoms with Crippen molar-refractivity contribution in [3.8, 4) is 0 Å². The van der Waals surface area contributed by atoms with Gasteiger partial charge in [-0.05, 0) is 44.9 Å². The van der Waals surface area contributed by atoms with E-state index in [-0.39, 0.29) is 6.42 Å². The Bertz CT molecular complexity index is 1140. The SMILES string of the molecule is CCCCCCCCCCC/C=C\CCCCCC(O)CC(=O)NC(COP(=O)(O)OC1C(O)C(O)C(O)C(O)C1O)C(O)/C=C/CCCCCCCCCCCCCCC. The zero-order chi connectivity index (χ0) is 45.1. The van der Waals surface area contributed by atoms with Crippen molar-refractivity contribution < 1.29 is 59.0 Å². The lowest BCUT2D eigenvalue weighted by Crippen LogP contribution is -2.64. The molecular formula is C47H90NO12P. The Kier molecular flexibility index (Phi) is 35.1. The van der Waals surface area contributed by atoms with E-state index in [4.69, 9.17) is 9.05 Å². The van der Waals surface area contributed by atoms with Crippen LogP contribution in [-0.2, 0) is 18.4 Å². The van der Waals surface area contributed by atoms with Crippen LogP contribution in [0.4, 0.5) is 0 Å². The van der Waals surface area contributed by atoms with Gasteiger partial charge >= 0.3 is 7.82 Å². The second kappa shape index (κ2) is 37.0. The molecule has 8 atom stereocenters. The lowest BCUT2D eigenvalue weighted by molar-refractivity contribution is -0.220. The van der Waals surface area contributed by atoms with E-state index < -0.39 is 75.2 Å².